The van der Waals surface area contributed by atoms with Crippen LogP contribution < -0.4 is 10.2 Å². The summed E-state index contributed by atoms with van der Waals surface area (Å²) in [5.41, 5.74) is 3.52. The first kappa shape index (κ1) is 20.1. The second-order valence-corrected chi connectivity index (χ2v) is 8.80. The van der Waals surface area contributed by atoms with Crippen LogP contribution in [-0.2, 0) is 0 Å². The molecule has 1 aliphatic heterocycles. The first-order valence-electron chi connectivity index (χ1n) is 9.99. The van der Waals surface area contributed by atoms with E-state index >= 15 is 0 Å². The summed E-state index contributed by atoms with van der Waals surface area (Å²) in [6.07, 6.45) is 4.72. The zero-order valence-corrected chi connectivity index (χ0v) is 17.8. The highest BCUT2D eigenvalue weighted by Gasteiger charge is 2.36. The maximum Gasteiger partial charge on any atom is 0.139 e. The molecule has 0 unspecified atom stereocenters. The molecule has 4 heteroatoms. The SMILES string of the molecule is CCCC[C@]1(CC)CSc2cc(O)c(N(C)C)cc2[C@@H](c2ccccc2)N1. The minimum Gasteiger partial charge on any atom is -0.506 e. The Morgan fingerprint density at radius 1 is 1.19 bits per heavy atom. The molecule has 1 heterocycles. The molecular formula is C23H32N2OS. The van der Waals surface area contributed by atoms with Gasteiger partial charge in [0.1, 0.15) is 5.75 Å². The van der Waals surface area contributed by atoms with Crippen LogP contribution in [0.3, 0.4) is 0 Å². The number of nitrogens with zero attached hydrogens (tertiary/aromatic N) is 1. The Bertz CT molecular complexity index is 762. The molecule has 0 radical (unpaired) electrons. The van der Waals surface area contributed by atoms with Gasteiger partial charge in [-0.1, -0.05) is 57.0 Å². The normalized spacial score (nSPS) is 22.1. The summed E-state index contributed by atoms with van der Waals surface area (Å²) in [6.45, 7) is 4.56. The zero-order chi connectivity index (χ0) is 19.4. The maximum absolute atomic E-state index is 10.5. The molecule has 2 aromatic carbocycles. The quantitative estimate of drug-likeness (QED) is 0.681. The number of rotatable bonds is 6. The fourth-order valence-electron chi connectivity index (χ4n) is 3.87. The van der Waals surface area contributed by atoms with E-state index in [0.29, 0.717) is 5.75 Å². The molecule has 0 bridgehead atoms. The second-order valence-electron chi connectivity index (χ2n) is 7.79. The van der Waals surface area contributed by atoms with Crippen LogP contribution in [0.5, 0.6) is 5.75 Å². The van der Waals surface area contributed by atoms with Crippen molar-refractivity contribution in [1.29, 1.82) is 0 Å². The molecule has 146 valence electrons. The van der Waals surface area contributed by atoms with Crippen LogP contribution in [0.15, 0.2) is 47.4 Å². The minimum atomic E-state index is 0.105. The van der Waals surface area contributed by atoms with Crippen molar-refractivity contribution in [2.75, 3.05) is 24.7 Å². The molecule has 2 aromatic rings. The van der Waals surface area contributed by atoms with Crippen molar-refractivity contribution >= 4 is 17.4 Å². The lowest BCUT2D eigenvalue weighted by molar-refractivity contribution is 0.298. The summed E-state index contributed by atoms with van der Waals surface area (Å²) >= 11 is 1.88. The summed E-state index contributed by atoms with van der Waals surface area (Å²) in [4.78, 5) is 3.17. The Hall–Kier alpha value is -1.65. The molecule has 3 nitrogen and oxygen atoms in total. The van der Waals surface area contributed by atoms with Gasteiger partial charge >= 0.3 is 0 Å². The van der Waals surface area contributed by atoms with Gasteiger partial charge in [0, 0.05) is 30.3 Å². The Balaban J connectivity index is 2.11. The van der Waals surface area contributed by atoms with Crippen molar-refractivity contribution in [2.24, 2.45) is 0 Å². The van der Waals surface area contributed by atoms with Gasteiger partial charge in [-0.25, -0.2) is 0 Å². The highest BCUT2D eigenvalue weighted by molar-refractivity contribution is 7.99. The average Bonchev–Trinajstić information content (AvgIpc) is 2.84. The van der Waals surface area contributed by atoms with Gasteiger partial charge < -0.3 is 10.0 Å². The number of thioether (sulfide) groups is 1. The van der Waals surface area contributed by atoms with Gasteiger partial charge in [-0.3, -0.25) is 5.32 Å². The minimum absolute atomic E-state index is 0.105. The number of phenols is 1. The van der Waals surface area contributed by atoms with Crippen LogP contribution in [-0.4, -0.2) is 30.5 Å². The summed E-state index contributed by atoms with van der Waals surface area (Å²) in [7, 11) is 3.96. The number of benzene rings is 2. The zero-order valence-electron chi connectivity index (χ0n) is 17.0. The van der Waals surface area contributed by atoms with E-state index in [1.54, 1.807) is 0 Å². The van der Waals surface area contributed by atoms with Crippen LogP contribution in [0.4, 0.5) is 5.69 Å². The molecule has 3 rings (SSSR count). The summed E-state index contributed by atoms with van der Waals surface area (Å²) in [6, 6.07) is 15.0. The number of nitrogens with one attached hydrogen (secondary N) is 1. The van der Waals surface area contributed by atoms with E-state index in [4.69, 9.17) is 0 Å². The maximum atomic E-state index is 10.5. The third-order valence-electron chi connectivity index (χ3n) is 5.67. The van der Waals surface area contributed by atoms with Crippen LogP contribution >= 0.6 is 11.8 Å². The van der Waals surface area contributed by atoms with Gasteiger partial charge in [0.05, 0.1) is 11.7 Å². The largest absolute Gasteiger partial charge is 0.506 e. The highest BCUT2D eigenvalue weighted by atomic mass is 32.2. The lowest BCUT2D eigenvalue weighted by Gasteiger charge is -2.36. The van der Waals surface area contributed by atoms with E-state index in [0.717, 1.165) is 17.9 Å². The summed E-state index contributed by atoms with van der Waals surface area (Å²) in [5, 5.41) is 14.6. The number of unbranched alkanes of at least 4 members (excludes halogenated alkanes) is 1. The van der Waals surface area contributed by atoms with E-state index in [1.165, 1.54) is 35.3 Å². The van der Waals surface area contributed by atoms with E-state index in [2.05, 4.69) is 55.6 Å². The van der Waals surface area contributed by atoms with Gasteiger partial charge in [0.15, 0.2) is 0 Å². The fourth-order valence-corrected chi connectivity index (χ4v) is 5.27. The van der Waals surface area contributed by atoms with E-state index in [1.807, 2.05) is 36.8 Å². The molecule has 1 aliphatic rings. The van der Waals surface area contributed by atoms with Gasteiger partial charge in [0.2, 0.25) is 0 Å². The summed E-state index contributed by atoms with van der Waals surface area (Å²) < 4.78 is 0. The second kappa shape index (κ2) is 8.57. The smallest absolute Gasteiger partial charge is 0.139 e. The molecule has 0 saturated carbocycles. The number of phenolic OH excluding ortho intramolecular Hbond substituents is 1. The van der Waals surface area contributed by atoms with Crippen LogP contribution in [0.1, 0.15) is 56.7 Å². The fraction of sp³-hybridized carbons (Fsp3) is 0.478. The third-order valence-corrected chi connectivity index (χ3v) is 7.03. The number of aromatic hydroxyl groups is 1. The molecular weight excluding hydrogens is 352 g/mol. The molecule has 0 fully saturated rings. The van der Waals surface area contributed by atoms with Crippen LogP contribution in [0, 0.1) is 0 Å². The van der Waals surface area contributed by atoms with Gasteiger partial charge in [-0.15, -0.1) is 11.8 Å². The molecule has 27 heavy (non-hydrogen) atoms. The molecule has 0 spiro atoms. The molecule has 2 atom stereocenters. The molecule has 0 amide bonds. The van der Waals surface area contributed by atoms with Crippen molar-refractivity contribution in [2.45, 2.75) is 56.0 Å². The molecule has 0 aliphatic carbocycles. The van der Waals surface area contributed by atoms with Crippen molar-refractivity contribution < 1.29 is 5.11 Å². The third kappa shape index (κ3) is 4.27. The highest BCUT2D eigenvalue weighted by Crippen LogP contribution is 2.44. The molecule has 0 saturated heterocycles. The van der Waals surface area contributed by atoms with Crippen molar-refractivity contribution in [3.05, 3.63) is 53.6 Å². The van der Waals surface area contributed by atoms with Gasteiger partial charge in [-0.05, 0) is 36.1 Å². The first-order valence-corrected chi connectivity index (χ1v) is 11.0. The van der Waals surface area contributed by atoms with E-state index in [-0.39, 0.29) is 11.6 Å². The number of hydrogen-bond donors (Lipinski definition) is 2. The lowest BCUT2D eigenvalue weighted by Crippen LogP contribution is -2.48. The Kier molecular flexibility index (Phi) is 6.38. The number of hydrogen-bond acceptors (Lipinski definition) is 4. The van der Waals surface area contributed by atoms with Crippen LogP contribution in [0.25, 0.3) is 0 Å². The van der Waals surface area contributed by atoms with Gasteiger partial charge in [-0.2, -0.15) is 0 Å². The molecule has 0 aromatic heterocycles. The predicted octanol–water partition coefficient (Wildman–Crippen LogP) is 5.58. The Labute approximate surface area is 168 Å². The number of fused-ring (bicyclic) bond motifs is 1. The Morgan fingerprint density at radius 3 is 2.56 bits per heavy atom. The van der Waals surface area contributed by atoms with Crippen LogP contribution in [0.2, 0.25) is 0 Å². The summed E-state index contributed by atoms with van der Waals surface area (Å²) in [5.74, 6) is 1.39. The van der Waals surface area contributed by atoms with Crippen molar-refractivity contribution in [3.8, 4) is 5.75 Å². The van der Waals surface area contributed by atoms with Crippen molar-refractivity contribution in [1.82, 2.24) is 5.32 Å². The Morgan fingerprint density at radius 2 is 1.93 bits per heavy atom. The van der Waals surface area contributed by atoms with Gasteiger partial charge in [0.25, 0.3) is 0 Å². The topological polar surface area (TPSA) is 35.5 Å². The lowest BCUT2D eigenvalue weighted by atomic mass is 9.88. The van der Waals surface area contributed by atoms with E-state index in [9.17, 15) is 5.11 Å². The number of anilines is 1. The predicted molar refractivity (Wildman–Crippen MR) is 117 cm³/mol. The average molecular weight is 385 g/mol. The van der Waals surface area contributed by atoms with E-state index < -0.39 is 0 Å². The first-order chi connectivity index (χ1) is 13.0. The molecule has 2 N–H and O–H groups in total. The van der Waals surface area contributed by atoms with Crippen molar-refractivity contribution in [3.63, 3.8) is 0 Å². The standard InChI is InChI=1S/C23H32N2OS/c1-5-7-13-23(6-2)16-27-21-15-20(26)19(25(3)4)14-18(21)22(24-23)17-11-9-8-10-12-17/h8-12,14-15,22,24,26H,5-7,13,16H2,1-4H3/t22-,23-/m1/s1. The monoisotopic (exact) mass is 384 g/mol.